The fourth-order valence-corrected chi connectivity index (χ4v) is 4.45. The van der Waals surface area contributed by atoms with Crippen molar-refractivity contribution in [2.75, 3.05) is 6.54 Å². The Morgan fingerprint density at radius 2 is 1.77 bits per heavy atom. The number of nitrogens with one attached hydrogen (secondary N) is 1. The molecule has 0 aromatic heterocycles. The number of hydrogen-bond donors (Lipinski definition) is 2. The highest BCUT2D eigenvalue weighted by Crippen LogP contribution is 2.28. The molecule has 2 aromatic rings. The number of benzene rings is 2. The molecule has 2 aromatic carbocycles. The quantitative estimate of drug-likeness (QED) is 0.247. The van der Waals surface area contributed by atoms with E-state index in [-0.39, 0.29) is 6.61 Å². The number of nitrogens with zero attached hydrogens (tertiary/aromatic N) is 2. The summed E-state index contributed by atoms with van der Waals surface area (Å²) in [6, 6.07) is 12.6. The molecular weight excluding hydrogens is 508 g/mol. The van der Waals surface area contributed by atoms with E-state index in [2.05, 4.69) is 27.4 Å². The number of hydrogen-bond acceptors (Lipinski definition) is 6. The number of azo groups is 1. The number of carbonyl (C=O) groups excluding carboxylic acids is 3. The maximum absolute atomic E-state index is 12.2. The lowest BCUT2D eigenvalue weighted by Gasteiger charge is -2.24. The topological polar surface area (TPSA) is 132 Å². The zero-order valence-electron chi connectivity index (χ0n) is 23.5. The van der Waals surface area contributed by atoms with Gasteiger partial charge in [0.1, 0.15) is 18.2 Å². The summed E-state index contributed by atoms with van der Waals surface area (Å²) in [6.07, 6.45) is 4.12. The fourth-order valence-electron chi connectivity index (χ4n) is 4.45. The molecule has 3 N–H and O–H groups in total. The number of ether oxygens (including phenoxy) is 2. The zero-order valence-corrected chi connectivity index (χ0v) is 23.5. The molecule has 0 saturated carbocycles. The minimum Gasteiger partial charge on any atom is -0.444 e. The first kappa shape index (κ1) is 30.4. The van der Waals surface area contributed by atoms with Gasteiger partial charge in [-0.1, -0.05) is 53.4 Å². The number of rotatable bonds is 9. The molecule has 0 fully saturated rings. The van der Waals surface area contributed by atoms with Crippen molar-refractivity contribution in [3.05, 3.63) is 70.3 Å². The van der Waals surface area contributed by atoms with Crippen molar-refractivity contribution < 1.29 is 23.9 Å². The Balaban J connectivity index is 1.55. The molecule has 0 radical (unpaired) electrons. The van der Waals surface area contributed by atoms with Crippen molar-refractivity contribution in [1.82, 2.24) is 5.32 Å². The van der Waals surface area contributed by atoms with Gasteiger partial charge < -0.3 is 20.5 Å². The largest absolute Gasteiger partial charge is 0.452 e. The molecule has 9 heteroatoms. The number of fused-ring (bicyclic) bond motifs is 1. The van der Waals surface area contributed by atoms with Gasteiger partial charge in [-0.3, -0.25) is 4.79 Å². The molecule has 212 valence electrons. The third-order valence-electron chi connectivity index (χ3n) is 6.29. The van der Waals surface area contributed by atoms with E-state index in [1.54, 1.807) is 20.8 Å². The van der Waals surface area contributed by atoms with Crippen LogP contribution >= 0.6 is 0 Å². The van der Waals surface area contributed by atoms with E-state index >= 15 is 0 Å². The van der Waals surface area contributed by atoms with E-state index < -0.39 is 29.7 Å². The van der Waals surface area contributed by atoms with Gasteiger partial charge in [0.25, 0.3) is 0 Å². The molecule has 1 aliphatic carbocycles. The standard InChI is InChI=1S/C31H38N4O5/c1-31(2,3)40-29(37)34-27(28(32)36)19-18-24-17-16-23(25-14-7-8-15-26(24)25)13-9-10-20-33-35-30(38)39-21-22-11-5-4-6-12-22/h4-6,11-12,16-17,27H,7-8,10,14-15,18-21H2,1-3H3,(H2,32,36)(H,34,37)/t27-/m0/s1. The SMILES string of the molecule is CC(C)(C)OC(=O)N[C@@H](CCc1ccc(C#CCCN=NC(=O)OCc2ccccc2)c2c1CCCC2)C(N)=O. The first-order valence-corrected chi connectivity index (χ1v) is 13.6. The van der Waals surface area contributed by atoms with Crippen LogP contribution in [0.4, 0.5) is 9.59 Å². The minimum atomic E-state index is -0.821. The summed E-state index contributed by atoms with van der Waals surface area (Å²) >= 11 is 0. The molecule has 0 heterocycles. The maximum Gasteiger partial charge on any atom is 0.452 e. The Labute approximate surface area is 235 Å². The van der Waals surface area contributed by atoms with Crippen molar-refractivity contribution in [1.29, 1.82) is 0 Å². The molecule has 40 heavy (non-hydrogen) atoms. The molecule has 1 atom stereocenters. The predicted octanol–water partition coefficient (Wildman–Crippen LogP) is 5.41. The number of alkyl carbamates (subject to hydrolysis) is 1. The molecule has 0 bridgehead atoms. The van der Waals surface area contributed by atoms with E-state index in [0.29, 0.717) is 25.8 Å². The average molecular weight is 547 g/mol. The van der Waals surface area contributed by atoms with Crippen LogP contribution in [0.15, 0.2) is 52.7 Å². The maximum atomic E-state index is 12.2. The molecule has 0 unspecified atom stereocenters. The van der Waals surface area contributed by atoms with Crippen LogP contribution in [-0.4, -0.2) is 36.3 Å². The Morgan fingerprint density at radius 1 is 1.05 bits per heavy atom. The summed E-state index contributed by atoms with van der Waals surface area (Å²) < 4.78 is 10.3. The van der Waals surface area contributed by atoms with Crippen molar-refractivity contribution in [3.8, 4) is 11.8 Å². The van der Waals surface area contributed by atoms with E-state index in [1.807, 2.05) is 42.5 Å². The fraction of sp³-hybridized carbons (Fsp3) is 0.452. The minimum absolute atomic E-state index is 0.156. The number of aryl methyl sites for hydroxylation is 1. The number of nitrogens with two attached hydrogens (primary N) is 1. The second-order valence-corrected chi connectivity index (χ2v) is 10.6. The summed E-state index contributed by atoms with van der Waals surface area (Å²) in [5.74, 6) is 5.79. The smallest absolute Gasteiger partial charge is 0.444 e. The molecule has 0 saturated heterocycles. The number of amides is 3. The van der Waals surface area contributed by atoms with E-state index in [9.17, 15) is 14.4 Å². The third kappa shape index (κ3) is 10.2. The van der Waals surface area contributed by atoms with E-state index in [0.717, 1.165) is 42.4 Å². The first-order chi connectivity index (χ1) is 19.1. The highest BCUT2D eigenvalue weighted by atomic mass is 16.6. The Hall–Kier alpha value is -4.19. The zero-order chi connectivity index (χ0) is 29.0. The summed E-state index contributed by atoms with van der Waals surface area (Å²) in [5.41, 5.74) is 10.4. The van der Waals surface area contributed by atoms with Crippen LogP contribution in [-0.2, 0) is 40.1 Å². The number of carbonyl (C=O) groups is 3. The van der Waals surface area contributed by atoms with Gasteiger partial charge in [-0.05, 0) is 87.6 Å². The molecular formula is C31H38N4O5. The first-order valence-electron chi connectivity index (χ1n) is 13.6. The van der Waals surface area contributed by atoms with Gasteiger partial charge in [-0.15, -0.1) is 0 Å². The van der Waals surface area contributed by atoms with Crippen LogP contribution in [0.2, 0.25) is 0 Å². The molecule has 0 aliphatic heterocycles. The lowest BCUT2D eigenvalue weighted by molar-refractivity contribution is -0.120. The Morgan fingerprint density at radius 3 is 2.48 bits per heavy atom. The normalized spacial score (nSPS) is 13.5. The third-order valence-corrected chi connectivity index (χ3v) is 6.29. The van der Waals surface area contributed by atoms with Gasteiger partial charge in [0.2, 0.25) is 5.91 Å². The van der Waals surface area contributed by atoms with Crippen molar-refractivity contribution in [2.45, 2.75) is 84.0 Å². The highest BCUT2D eigenvalue weighted by molar-refractivity contribution is 5.84. The summed E-state index contributed by atoms with van der Waals surface area (Å²) in [6.45, 7) is 5.74. The van der Waals surface area contributed by atoms with Gasteiger partial charge >= 0.3 is 12.2 Å². The summed E-state index contributed by atoms with van der Waals surface area (Å²) in [7, 11) is 0. The monoisotopic (exact) mass is 546 g/mol. The van der Waals surface area contributed by atoms with E-state index in [1.165, 1.54) is 11.1 Å². The predicted molar refractivity (Wildman–Crippen MR) is 152 cm³/mol. The molecule has 9 nitrogen and oxygen atoms in total. The van der Waals surface area contributed by atoms with Crippen molar-refractivity contribution in [2.24, 2.45) is 16.0 Å². The molecule has 1 aliphatic rings. The van der Waals surface area contributed by atoms with Crippen LogP contribution in [0, 0.1) is 11.8 Å². The average Bonchev–Trinajstić information content (AvgIpc) is 2.91. The summed E-state index contributed by atoms with van der Waals surface area (Å²) in [5, 5.41) is 10.1. The van der Waals surface area contributed by atoms with Crippen molar-refractivity contribution >= 4 is 18.1 Å². The van der Waals surface area contributed by atoms with Crippen LogP contribution in [0.5, 0.6) is 0 Å². The number of primary amides is 1. The lowest BCUT2D eigenvalue weighted by Crippen LogP contribution is -2.46. The second-order valence-electron chi connectivity index (χ2n) is 10.6. The van der Waals surface area contributed by atoms with Crippen molar-refractivity contribution in [3.63, 3.8) is 0 Å². The van der Waals surface area contributed by atoms with Crippen LogP contribution < -0.4 is 11.1 Å². The summed E-state index contributed by atoms with van der Waals surface area (Å²) in [4.78, 5) is 35.9. The van der Waals surface area contributed by atoms with Gasteiger partial charge in [0.05, 0.1) is 6.54 Å². The van der Waals surface area contributed by atoms with Gasteiger partial charge in [-0.2, -0.15) is 5.11 Å². The molecule has 0 spiro atoms. The van der Waals surface area contributed by atoms with Gasteiger partial charge in [0, 0.05) is 12.0 Å². The highest BCUT2D eigenvalue weighted by Gasteiger charge is 2.24. The van der Waals surface area contributed by atoms with Crippen LogP contribution in [0.25, 0.3) is 0 Å². The van der Waals surface area contributed by atoms with E-state index in [4.69, 9.17) is 15.2 Å². The Bertz CT molecular complexity index is 1270. The molecule has 3 amide bonds. The van der Waals surface area contributed by atoms with Gasteiger partial charge in [0.15, 0.2) is 0 Å². The lowest BCUT2D eigenvalue weighted by atomic mass is 9.83. The van der Waals surface area contributed by atoms with Gasteiger partial charge in [-0.25, -0.2) is 9.59 Å². The Kier molecular flexibility index (Phi) is 11.2. The second kappa shape index (κ2) is 14.8. The van der Waals surface area contributed by atoms with Crippen LogP contribution in [0.3, 0.4) is 0 Å². The molecule has 3 rings (SSSR count). The van der Waals surface area contributed by atoms with Crippen LogP contribution in [0.1, 0.15) is 74.3 Å².